The second-order valence-corrected chi connectivity index (χ2v) is 5.72. The van der Waals surface area contributed by atoms with Gasteiger partial charge in [-0.05, 0) is 35.8 Å². The fourth-order valence-corrected chi connectivity index (χ4v) is 2.85. The highest BCUT2D eigenvalue weighted by Crippen LogP contribution is 2.17. The van der Waals surface area contributed by atoms with Crippen molar-refractivity contribution < 1.29 is 14.3 Å². The number of rotatable bonds is 3. The molecular weight excluding hydrogens is 338 g/mol. The Hall–Kier alpha value is -1.50. The van der Waals surface area contributed by atoms with E-state index in [0.717, 1.165) is 11.0 Å². The molecule has 1 aromatic rings. The van der Waals surface area contributed by atoms with Crippen molar-refractivity contribution >= 4 is 27.9 Å². The Morgan fingerprint density at radius 2 is 1.81 bits per heavy atom. The number of carbonyl (C=O) groups excluding carboxylic acids is 2. The molecule has 0 saturated carbocycles. The first-order chi connectivity index (χ1) is 10.1. The molecule has 0 unspecified atom stereocenters. The van der Waals surface area contributed by atoms with Gasteiger partial charge in [-0.3, -0.25) is 4.79 Å². The minimum Gasteiger partial charge on any atom is -0.450 e. The number of hydrogen-bond acceptors (Lipinski definition) is 3. The molecule has 1 aliphatic heterocycles. The van der Waals surface area contributed by atoms with Gasteiger partial charge >= 0.3 is 6.09 Å². The smallest absolute Gasteiger partial charge is 0.409 e. The van der Waals surface area contributed by atoms with Crippen LogP contribution in [-0.2, 0) is 11.3 Å². The summed E-state index contributed by atoms with van der Waals surface area (Å²) < 4.78 is 7.80. The van der Waals surface area contributed by atoms with Crippen LogP contribution in [0.4, 0.5) is 4.79 Å². The van der Waals surface area contributed by atoms with Gasteiger partial charge in [-0.15, -0.1) is 0 Å². The van der Waals surface area contributed by atoms with E-state index in [4.69, 9.17) is 4.74 Å². The molecule has 1 saturated heterocycles. The molecule has 0 atom stereocenters. The number of halogens is 1. The van der Waals surface area contributed by atoms with Crippen molar-refractivity contribution in [2.24, 2.45) is 0 Å². The number of aryl methyl sites for hydroxylation is 1. The average Bonchev–Trinajstić information content (AvgIpc) is 2.88. The molecule has 0 bridgehead atoms. The number of aromatic nitrogens is 1. The molecule has 0 spiro atoms. The summed E-state index contributed by atoms with van der Waals surface area (Å²) >= 11 is 3.40. The monoisotopic (exact) mass is 357 g/mol. The first-order valence-corrected chi connectivity index (χ1v) is 7.92. The maximum atomic E-state index is 12.5. The van der Waals surface area contributed by atoms with E-state index in [1.165, 1.54) is 0 Å². The van der Waals surface area contributed by atoms with Crippen LogP contribution in [0.3, 0.4) is 0 Å². The van der Waals surface area contributed by atoms with Crippen molar-refractivity contribution in [3.63, 3.8) is 0 Å². The molecule has 2 rings (SSSR count). The Bertz CT molecular complexity index is 522. The maximum absolute atomic E-state index is 12.5. The van der Waals surface area contributed by atoms with E-state index >= 15 is 0 Å². The highest BCUT2D eigenvalue weighted by atomic mass is 79.9. The number of piperazine rings is 1. The third-order valence-corrected chi connectivity index (χ3v) is 3.95. The molecule has 2 heterocycles. The minimum absolute atomic E-state index is 0.00561. The van der Waals surface area contributed by atoms with E-state index in [9.17, 15) is 9.59 Å². The fourth-order valence-electron chi connectivity index (χ4n) is 2.38. The highest BCUT2D eigenvalue weighted by molar-refractivity contribution is 9.10. The molecule has 0 aromatic carbocycles. The summed E-state index contributed by atoms with van der Waals surface area (Å²) in [5.74, 6) is 0.00561. The fraction of sp³-hybridized carbons (Fsp3) is 0.571. The first kappa shape index (κ1) is 15.9. The Morgan fingerprint density at radius 1 is 1.19 bits per heavy atom. The molecule has 2 amide bonds. The number of hydrogen-bond donors (Lipinski definition) is 0. The molecule has 116 valence electrons. The van der Waals surface area contributed by atoms with Crippen LogP contribution in [0.15, 0.2) is 16.7 Å². The number of carbonyl (C=O) groups is 2. The van der Waals surface area contributed by atoms with Gasteiger partial charge in [0.15, 0.2) is 0 Å². The zero-order valence-electron chi connectivity index (χ0n) is 12.3. The number of amides is 2. The predicted molar refractivity (Wildman–Crippen MR) is 82.3 cm³/mol. The quantitative estimate of drug-likeness (QED) is 0.832. The predicted octanol–water partition coefficient (Wildman–Crippen LogP) is 2.18. The summed E-state index contributed by atoms with van der Waals surface area (Å²) in [4.78, 5) is 27.6. The van der Waals surface area contributed by atoms with E-state index in [0.29, 0.717) is 38.5 Å². The molecule has 0 N–H and O–H groups in total. The summed E-state index contributed by atoms with van der Waals surface area (Å²) in [6, 6.07) is 1.84. The second-order valence-electron chi connectivity index (χ2n) is 4.81. The van der Waals surface area contributed by atoms with Crippen LogP contribution in [0.2, 0.25) is 0 Å². The van der Waals surface area contributed by atoms with E-state index in [1.807, 2.05) is 23.8 Å². The Balaban J connectivity index is 1.98. The van der Waals surface area contributed by atoms with Crippen LogP contribution in [0.25, 0.3) is 0 Å². The van der Waals surface area contributed by atoms with Crippen LogP contribution in [0.1, 0.15) is 24.3 Å². The summed E-state index contributed by atoms with van der Waals surface area (Å²) in [6.45, 7) is 6.99. The second kappa shape index (κ2) is 6.98. The van der Waals surface area contributed by atoms with E-state index < -0.39 is 0 Å². The van der Waals surface area contributed by atoms with Gasteiger partial charge in [0.2, 0.25) is 0 Å². The Labute approximate surface area is 132 Å². The van der Waals surface area contributed by atoms with Gasteiger partial charge in [0.1, 0.15) is 5.69 Å². The zero-order chi connectivity index (χ0) is 15.4. The highest BCUT2D eigenvalue weighted by Gasteiger charge is 2.26. The normalized spacial score (nSPS) is 15.2. The molecule has 0 aliphatic carbocycles. The molecule has 7 heteroatoms. The summed E-state index contributed by atoms with van der Waals surface area (Å²) in [5.41, 5.74) is 0.675. The maximum Gasteiger partial charge on any atom is 0.409 e. The van der Waals surface area contributed by atoms with Crippen LogP contribution in [0.5, 0.6) is 0 Å². The van der Waals surface area contributed by atoms with Gasteiger partial charge in [0.05, 0.1) is 6.61 Å². The molecular formula is C14H20BrN3O3. The third-order valence-electron chi connectivity index (χ3n) is 3.52. The van der Waals surface area contributed by atoms with Crippen molar-refractivity contribution in [3.8, 4) is 0 Å². The summed E-state index contributed by atoms with van der Waals surface area (Å²) in [7, 11) is 0. The van der Waals surface area contributed by atoms with Crippen molar-refractivity contribution in [1.82, 2.24) is 14.4 Å². The van der Waals surface area contributed by atoms with Gasteiger partial charge in [-0.2, -0.15) is 0 Å². The zero-order valence-corrected chi connectivity index (χ0v) is 13.9. The summed E-state index contributed by atoms with van der Waals surface area (Å²) in [5, 5.41) is 0. The SMILES string of the molecule is CCOC(=O)N1CCN(C(=O)c2cc(Br)cn2CC)CC1. The van der Waals surface area contributed by atoms with Gasteiger partial charge < -0.3 is 19.1 Å². The molecule has 1 aromatic heterocycles. The lowest BCUT2D eigenvalue weighted by atomic mass is 10.3. The van der Waals surface area contributed by atoms with Gasteiger partial charge in [0.25, 0.3) is 5.91 Å². The Kier molecular flexibility index (Phi) is 5.27. The van der Waals surface area contributed by atoms with Crippen molar-refractivity contribution in [1.29, 1.82) is 0 Å². The lowest BCUT2D eigenvalue weighted by Crippen LogP contribution is -2.51. The minimum atomic E-state index is -0.302. The van der Waals surface area contributed by atoms with Crippen LogP contribution >= 0.6 is 15.9 Å². The number of nitrogens with zero attached hydrogens (tertiary/aromatic N) is 3. The number of ether oxygens (including phenoxy) is 1. The van der Waals surface area contributed by atoms with E-state index in [-0.39, 0.29) is 12.0 Å². The van der Waals surface area contributed by atoms with Crippen LogP contribution in [-0.4, -0.2) is 59.2 Å². The molecule has 1 aliphatic rings. The van der Waals surface area contributed by atoms with E-state index in [1.54, 1.807) is 16.7 Å². The van der Waals surface area contributed by atoms with Crippen molar-refractivity contribution in [3.05, 3.63) is 22.4 Å². The largest absolute Gasteiger partial charge is 0.450 e. The van der Waals surface area contributed by atoms with Gasteiger partial charge in [-0.25, -0.2) is 4.79 Å². The molecule has 21 heavy (non-hydrogen) atoms. The molecule has 0 radical (unpaired) electrons. The average molecular weight is 358 g/mol. The van der Waals surface area contributed by atoms with Crippen LogP contribution in [0, 0.1) is 0 Å². The third kappa shape index (κ3) is 3.58. The topological polar surface area (TPSA) is 54.8 Å². The first-order valence-electron chi connectivity index (χ1n) is 7.13. The lowest BCUT2D eigenvalue weighted by Gasteiger charge is -2.34. The van der Waals surface area contributed by atoms with Crippen molar-refractivity contribution in [2.75, 3.05) is 32.8 Å². The standard InChI is InChI=1S/C14H20BrN3O3/c1-3-16-10-11(15)9-12(16)13(19)17-5-7-18(8-6-17)14(20)21-4-2/h9-10H,3-8H2,1-2H3. The summed E-state index contributed by atoms with van der Waals surface area (Å²) in [6.07, 6.45) is 1.60. The van der Waals surface area contributed by atoms with Crippen molar-refractivity contribution in [2.45, 2.75) is 20.4 Å². The Morgan fingerprint density at radius 3 is 2.38 bits per heavy atom. The van der Waals surface area contributed by atoms with Gasteiger partial charge in [0, 0.05) is 43.4 Å². The lowest BCUT2D eigenvalue weighted by molar-refractivity contribution is 0.0562. The van der Waals surface area contributed by atoms with Gasteiger partial charge in [-0.1, -0.05) is 0 Å². The van der Waals surface area contributed by atoms with Crippen LogP contribution < -0.4 is 0 Å². The molecule has 6 nitrogen and oxygen atoms in total. The van der Waals surface area contributed by atoms with E-state index in [2.05, 4.69) is 15.9 Å². The molecule has 1 fully saturated rings.